The second kappa shape index (κ2) is 9.59. The third-order valence-electron chi connectivity index (χ3n) is 6.33. The minimum Gasteiger partial charge on any atom is -0.355 e. The minimum absolute atomic E-state index is 0.173. The molecule has 0 spiro atoms. The fourth-order valence-corrected chi connectivity index (χ4v) is 5.28. The summed E-state index contributed by atoms with van der Waals surface area (Å²) in [7, 11) is -1.20. The number of rotatable bonds is 8. The topological polar surface area (TPSA) is 82.1 Å². The van der Waals surface area contributed by atoms with Crippen molar-refractivity contribution in [3.05, 3.63) is 29.8 Å². The number of carbonyl (C=O) groups is 1. The van der Waals surface area contributed by atoms with Gasteiger partial charge in [-0.15, -0.1) is 0 Å². The maximum Gasteiger partial charge on any atom is 0.222 e. The van der Waals surface area contributed by atoms with Gasteiger partial charge in [0.05, 0.1) is 5.75 Å². The van der Waals surface area contributed by atoms with E-state index in [1.165, 1.54) is 11.8 Å². The average Bonchev–Trinajstić information content (AvgIpc) is 3.29. The van der Waals surface area contributed by atoms with Crippen LogP contribution in [0.1, 0.15) is 51.0 Å². The molecule has 1 aromatic rings. The number of hydrogen-bond donors (Lipinski definition) is 1. The summed E-state index contributed by atoms with van der Waals surface area (Å²) in [4.78, 5) is 20.7. The monoisotopic (exact) mass is 448 g/mol. The van der Waals surface area contributed by atoms with Gasteiger partial charge >= 0.3 is 0 Å². The molecule has 1 unspecified atom stereocenters. The van der Waals surface area contributed by atoms with Crippen molar-refractivity contribution in [1.29, 1.82) is 0 Å². The van der Waals surface area contributed by atoms with Gasteiger partial charge in [0.25, 0.3) is 0 Å². The van der Waals surface area contributed by atoms with E-state index < -0.39 is 9.84 Å². The number of hydrogen-bond acceptors (Lipinski definition) is 4. The third-order valence-corrected chi connectivity index (χ3v) is 7.28. The Labute approximate surface area is 186 Å². The number of likely N-dealkylation sites (tertiary alicyclic amines) is 1. The van der Waals surface area contributed by atoms with Gasteiger partial charge in [-0.3, -0.25) is 9.79 Å². The second-order valence-electron chi connectivity index (χ2n) is 9.58. The Hall–Kier alpha value is -2.09. The van der Waals surface area contributed by atoms with Crippen LogP contribution in [0.5, 0.6) is 0 Å². The lowest BCUT2D eigenvalue weighted by Gasteiger charge is -2.29. The largest absolute Gasteiger partial charge is 0.355 e. The number of aliphatic imine (C=N–C) groups is 1. The number of nitrogens with one attached hydrogen (secondary N) is 1. The molecule has 1 fully saturated rings. The minimum atomic E-state index is -2.98. The van der Waals surface area contributed by atoms with E-state index in [-0.39, 0.29) is 17.1 Å². The smallest absolute Gasteiger partial charge is 0.222 e. The number of sulfone groups is 1. The Kier molecular flexibility index (Phi) is 7.29. The Bertz CT molecular complexity index is 927. The SMILES string of the molecule is CN=C(NCC(C)(C)CCS(C)(=O)=O)N1CC(CCN2CCCC2=O)c2ccccc21. The van der Waals surface area contributed by atoms with E-state index in [0.29, 0.717) is 25.3 Å². The highest BCUT2D eigenvalue weighted by Crippen LogP contribution is 2.38. The number of nitrogens with zero attached hydrogens (tertiary/aromatic N) is 3. The molecule has 1 atom stereocenters. The molecule has 31 heavy (non-hydrogen) atoms. The summed E-state index contributed by atoms with van der Waals surface area (Å²) in [6.07, 6.45) is 4.47. The zero-order chi connectivity index (χ0) is 22.6. The number of guanidine groups is 1. The first kappa shape index (κ1) is 23.6. The molecule has 2 heterocycles. The van der Waals surface area contributed by atoms with E-state index >= 15 is 0 Å². The zero-order valence-corrected chi connectivity index (χ0v) is 20.0. The van der Waals surface area contributed by atoms with E-state index in [0.717, 1.165) is 44.1 Å². The Morgan fingerprint density at radius 3 is 2.68 bits per heavy atom. The highest BCUT2D eigenvalue weighted by atomic mass is 32.2. The molecule has 1 N–H and O–H groups in total. The quantitative estimate of drug-likeness (QED) is 0.488. The molecule has 2 aliphatic rings. The molecule has 3 rings (SSSR count). The highest BCUT2D eigenvalue weighted by molar-refractivity contribution is 7.90. The van der Waals surface area contributed by atoms with Crippen LogP contribution in [0.3, 0.4) is 0 Å². The van der Waals surface area contributed by atoms with Gasteiger partial charge in [-0.25, -0.2) is 8.42 Å². The van der Waals surface area contributed by atoms with Crippen molar-refractivity contribution in [3.8, 4) is 0 Å². The molecule has 8 heteroatoms. The Balaban J connectivity index is 1.65. The number of para-hydroxylation sites is 1. The van der Waals surface area contributed by atoms with Crippen molar-refractivity contribution < 1.29 is 13.2 Å². The molecule has 2 aliphatic heterocycles. The number of fused-ring (bicyclic) bond motifs is 1. The highest BCUT2D eigenvalue weighted by Gasteiger charge is 2.32. The van der Waals surface area contributed by atoms with Crippen molar-refractivity contribution in [3.63, 3.8) is 0 Å². The lowest BCUT2D eigenvalue weighted by Crippen LogP contribution is -2.45. The summed E-state index contributed by atoms with van der Waals surface area (Å²) in [6.45, 7) is 7.29. The first-order chi connectivity index (χ1) is 14.6. The molecular formula is C23H36N4O3S. The molecular weight excluding hydrogens is 412 g/mol. The third kappa shape index (κ3) is 6.21. The average molecular weight is 449 g/mol. The molecule has 0 bridgehead atoms. The van der Waals surface area contributed by atoms with Crippen molar-refractivity contribution in [2.45, 2.75) is 45.4 Å². The van der Waals surface area contributed by atoms with Crippen LogP contribution in [0, 0.1) is 5.41 Å². The Morgan fingerprint density at radius 2 is 2.03 bits per heavy atom. The molecule has 1 aromatic carbocycles. The molecule has 0 aromatic heterocycles. The first-order valence-corrected chi connectivity index (χ1v) is 13.2. The van der Waals surface area contributed by atoms with Crippen molar-refractivity contribution in [1.82, 2.24) is 10.2 Å². The fourth-order valence-electron chi connectivity index (χ4n) is 4.36. The first-order valence-electron chi connectivity index (χ1n) is 11.1. The summed E-state index contributed by atoms with van der Waals surface area (Å²) in [5.74, 6) is 1.61. The van der Waals surface area contributed by atoms with Gasteiger partial charge in [0, 0.05) is 57.5 Å². The van der Waals surface area contributed by atoms with Gasteiger partial charge in [0.15, 0.2) is 5.96 Å². The van der Waals surface area contributed by atoms with Gasteiger partial charge in [-0.2, -0.15) is 0 Å². The second-order valence-corrected chi connectivity index (χ2v) is 11.8. The van der Waals surface area contributed by atoms with Crippen LogP contribution < -0.4 is 10.2 Å². The van der Waals surface area contributed by atoms with Crippen molar-refractivity contribution in [2.24, 2.45) is 10.4 Å². The maximum absolute atomic E-state index is 12.0. The standard InChI is InChI=1S/C23H36N4O3S/c1-23(2,12-15-31(4,29)30)17-25-22(24-3)27-16-18(19-8-5-6-9-20(19)27)11-14-26-13-7-10-21(26)28/h5-6,8-9,18H,7,10-17H2,1-4H3,(H,24,25). The number of benzene rings is 1. The molecule has 0 aliphatic carbocycles. The lowest BCUT2D eigenvalue weighted by molar-refractivity contribution is -0.127. The van der Waals surface area contributed by atoms with Crippen molar-refractivity contribution in [2.75, 3.05) is 50.1 Å². The molecule has 1 amide bonds. The van der Waals surface area contributed by atoms with Crippen LogP contribution in [-0.4, -0.2) is 70.4 Å². The van der Waals surface area contributed by atoms with E-state index in [1.807, 2.05) is 11.0 Å². The lowest BCUT2D eigenvalue weighted by atomic mass is 9.90. The van der Waals surface area contributed by atoms with Gasteiger partial charge in [-0.1, -0.05) is 32.0 Å². The van der Waals surface area contributed by atoms with Crippen LogP contribution in [0.2, 0.25) is 0 Å². The summed E-state index contributed by atoms with van der Waals surface area (Å²) < 4.78 is 23.1. The number of anilines is 1. The van der Waals surface area contributed by atoms with Crippen LogP contribution >= 0.6 is 0 Å². The van der Waals surface area contributed by atoms with Crippen LogP contribution in [0.15, 0.2) is 29.3 Å². The van der Waals surface area contributed by atoms with E-state index in [4.69, 9.17) is 0 Å². The van der Waals surface area contributed by atoms with Gasteiger partial charge in [0.1, 0.15) is 9.84 Å². The summed E-state index contributed by atoms with van der Waals surface area (Å²) in [5, 5.41) is 3.47. The number of carbonyl (C=O) groups excluding carboxylic acids is 1. The zero-order valence-electron chi connectivity index (χ0n) is 19.2. The van der Waals surface area contributed by atoms with E-state index in [9.17, 15) is 13.2 Å². The summed E-state index contributed by atoms with van der Waals surface area (Å²) >= 11 is 0. The van der Waals surface area contributed by atoms with E-state index in [1.54, 1.807) is 7.05 Å². The molecule has 7 nitrogen and oxygen atoms in total. The van der Waals surface area contributed by atoms with E-state index in [2.05, 4.69) is 47.3 Å². The van der Waals surface area contributed by atoms with Gasteiger partial charge in [-0.05, 0) is 36.3 Å². The normalized spacial score (nSPS) is 19.8. The fraction of sp³-hybridized carbons (Fsp3) is 0.652. The van der Waals surface area contributed by atoms with Gasteiger partial charge < -0.3 is 15.1 Å². The van der Waals surface area contributed by atoms with Crippen molar-refractivity contribution >= 4 is 27.4 Å². The predicted molar refractivity (Wildman–Crippen MR) is 126 cm³/mol. The molecule has 172 valence electrons. The van der Waals surface area contributed by atoms with Gasteiger partial charge in [0.2, 0.25) is 5.91 Å². The number of amides is 1. The maximum atomic E-state index is 12.0. The summed E-state index contributed by atoms with van der Waals surface area (Å²) in [5.41, 5.74) is 2.28. The van der Waals surface area contributed by atoms with Crippen LogP contribution in [-0.2, 0) is 14.6 Å². The molecule has 0 saturated carbocycles. The molecule has 0 radical (unpaired) electrons. The van der Waals surface area contributed by atoms with Crippen LogP contribution in [0.25, 0.3) is 0 Å². The Morgan fingerprint density at radius 1 is 1.29 bits per heavy atom. The summed E-state index contributed by atoms with van der Waals surface area (Å²) in [6, 6.07) is 8.41. The molecule has 1 saturated heterocycles. The predicted octanol–water partition coefficient (Wildman–Crippen LogP) is 2.64. The van der Waals surface area contributed by atoms with Crippen LogP contribution in [0.4, 0.5) is 5.69 Å².